The second-order valence-electron chi connectivity index (χ2n) is 5.28. The lowest BCUT2D eigenvalue weighted by Crippen LogP contribution is -2.53. The number of fused-ring (bicyclic) bond motifs is 1. The summed E-state index contributed by atoms with van der Waals surface area (Å²) in [5.74, 6) is 1.39. The summed E-state index contributed by atoms with van der Waals surface area (Å²) in [6.07, 6.45) is 1.62. The number of hydrogen-bond acceptors (Lipinski definition) is 4. The van der Waals surface area contributed by atoms with Gasteiger partial charge in [-0.1, -0.05) is 12.1 Å². The maximum absolute atomic E-state index is 12.5. The number of rotatable bonds is 2. The molecular weight excluding hydrogens is 256 g/mol. The fourth-order valence-electron chi connectivity index (χ4n) is 2.76. The Balaban J connectivity index is 1.67. The van der Waals surface area contributed by atoms with Gasteiger partial charge in [0.2, 0.25) is 6.10 Å². The van der Waals surface area contributed by atoms with Crippen molar-refractivity contribution in [2.75, 3.05) is 26.7 Å². The number of nitrogens with one attached hydrogen (secondary N) is 1. The Morgan fingerprint density at radius 1 is 1.35 bits per heavy atom. The van der Waals surface area contributed by atoms with Crippen LogP contribution in [0, 0.1) is 0 Å². The highest BCUT2D eigenvalue weighted by Crippen LogP contribution is 2.31. The summed E-state index contributed by atoms with van der Waals surface area (Å²) in [5.41, 5.74) is 0. The molecule has 0 aromatic heterocycles. The largest absolute Gasteiger partial charge is 0.485 e. The summed E-state index contributed by atoms with van der Waals surface area (Å²) in [6, 6.07) is 7.85. The molecule has 1 amide bonds. The van der Waals surface area contributed by atoms with Gasteiger partial charge in [0.1, 0.15) is 6.61 Å². The van der Waals surface area contributed by atoms with Gasteiger partial charge in [-0.25, -0.2) is 0 Å². The first-order chi connectivity index (χ1) is 9.78. The maximum atomic E-state index is 12.5. The van der Waals surface area contributed by atoms with Gasteiger partial charge in [-0.2, -0.15) is 0 Å². The van der Waals surface area contributed by atoms with Crippen molar-refractivity contribution in [3.05, 3.63) is 24.3 Å². The van der Waals surface area contributed by atoms with Gasteiger partial charge in [-0.3, -0.25) is 4.79 Å². The minimum atomic E-state index is -0.527. The van der Waals surface area contributed by atoms with Crippen molar-refractivity contribution >= 4 is 5.91 Å². The van der Waals surface area contributed by atoms with E-state index in [1.807, 2.05) is 36.2 Å². The molecule has 2 aliphatic heterocycles. The first-order valence-corrected chi connectivity index (χ1v) is 7.12. The predicted octanol–water partition coefficient (Wildman–Crippen LogP) is 1.04. The van der Waals surface area contributed by atoms with E-state index in [9.17, 15) is 4.79 Å². The van der Waals surface area contributed by atoms with Gasteiger partial charge in [0.25, 0.3) is 5.91 Å². The van der Waals surface area contributed by atoms with E-state index in [0.717, 1.165) is 25.9 Å². The number of carbonyl (C=O) groups is 1. The van der Waals surface area contributed by atoms with E-state index < -0.39 is 6.10 Å². The van der Waals surface area contributed by atoms with Gasteiger partial charge in [0.05, 0.1) is 0 Å². The molecule has 2 heterocycles. The Hall–Kier alpha value is -1.75. The van der Waals surface area contributed by atoms with Crippen molar-refractivity contribution in [1.29, 1.82) is 0 Å². The fraction of sp³-hybridized carbons (Fsp3) is 0.533. The highest BCUT2D eigenvalue weighted by atomic mass is 16.6. The van der Waals surface area contributed by atoms with Crippen LogP contribution < -0.4 is 14.8 Å². The number of piperidine rings is 1. The number of para-hydroxylation sites is 2. The molecule has 20 heavy (non-hydrogen) atoms. The number of carbonyl (C=O) groups excluding carboxylic acids is 1. The summed E-state index contributed by atoms with van der Waals surface area (Å²) >= 11 is 0. The average Bonchev–Trinajstić information content (AvgIpc) is 2.53. The summed E-state index contributed by atoms with van der Waals surface area (Å²) < 4.78 is 11.4. The van der Waals surface area contributed by atoms with E-state index in [1.165, 1.54) is 0 Å². The van der Waals surface area contributed by atoms with E-state index in [0.29, 0.717) is 17.5 Å². The third-order valence-corrected chi connectivity index (χ3v) is 3.93. The summed E-state index contributed by atoms with van der Waals surface area (Å²) in [7, 11) is 1.94. The smallest absolute Gasteiger partial charge is 0.267 e. The van der Waals surface area contributed by atoms with Gasteiger partial charge in [0.15, 0.2) is 11.5 Å². The van der Waals surface area contributed by atoms with E-state index in [4.69, 9.17) is 9.47 Å². The molecule has 0 radical (unpaired) electrons. The van der Waals surface area contributed by atoms with Gasteiger partial charge < -0.3 is 19.7 Å². The van der Waals surface area contributed by atoms with Crippen molar-refractivity contribution in [2.45, 2.75) is 25.0 Å². The predicted molar refractivity (Wildman–Crippen MR) is 75.0 cm³/mol. The minimum absolute atomic E-state index is 0.0273. The second kappa shape index (κ2) is 5.71. The molecule has 0 bridgehead atoms. The Morgan fingerprint density at radius 2 is 2.15 bits per heavy atom. The van der Waals surface area contributed by atoms with Crippen LogP contribution in [-0.4, -0.2) is 49.7 Å². The van der Waals surface area contributed by atoms with E-state index in [1.54, 1.807) is 0 Å². The molecule has 0 saturated carbocycles. The highest BCUT2D eigenvalue weighted by Gasteiger charge is 2.33. The lowest BCUT2D eigenvalue weighted by molar-refractivity contribution is -0.142. The highest BCUT2D eigenvalue weighted by molar-refractivity contribution is 5.82. The van der Waals surface area contributed by atoms with Gasteiger partial charge in [-0.15, -0.1) is 0 Å². The first-order valence-electron chi connectivity index (χ1n) is 7.12. The van der Waals surface area contributed by atoms with Crippen LogP contribution in [-0.2, 0) is 4.79 Å². The van der Waals surface area contributed by atoms with Crippen LogP contribution >= 0.6 is 0 Å². The van der Waals surface area contributed by atoms with Crippen molar-refractivity contribution < 1.29 is 14.3 Å². The van der Waals surface area contributed by atoms with E-state index in [-0.39, 0.29) is 12.5 Å². The van der Waals surface area contributed by atoms with E-state index >= 15 is 0 Å². The summed E-state index contributed by atoms with van der Waals surface area (Å²) in [5, 5.41) is 3.24. The normalized spacial score (nSPS) is 25.4. The Kier molecular flexibility index (Phi) is 3.78. The molecule has 0 aliphatic carbocycles. The molecule has 2 aliphatic rings. The molecule has 1 saturated heterocycles. The number of likely N-dealkylation sites (N-methyl/N-ethyl adjacent to an activating group) is 1. The minimum Gasteiger partial charge on any atom is -0.485 e. The molecule has 1 aromatic rings. The monoisotopic (exact) mass is 276 g/mol. The number of amides is 1. The van der Waals surface area contributed by atoms with Crippen molar-refractivity contribution in [3.8, 4) is 11.5 Å². The van der Waals surface area contributed by atoms with Crippen LogP contribution in [0.25, 0.3) is 0 Å². The van der Waals surface area contributed by atoms with Gasteiger partial charge in [-0.05, 0) is 32.0 Å². The molecule has 5 nitrogen and oxygen atoms in total. The average molecular weight is 276 g/mol. The lowest BCUT2D eigenvalue weighted by atomic mass is 10.1. The number of hydrogen-bond donors (Lipinski definition) is 1. The third-order valence-electron chi connectivity index (χ3n) is 3.93. The maximum Gasteiger partial charge on any atom is 0.267 e. The molecule has 5 heteroatoms. The number of ether oxygens (including phenoxy) is 2. The summed E-state index contributed by atoms with van der Waals surface area (Å²) in [4.78, 5) is 14.4. The molecule has 1 N–H and O–H groups in total. The number of benzene rings is 1. The zero-order valence-corrected chi connectivity index (χ0v) is 11.7. The van der Waals surface area contributed by atoms with Crippen LogP contribution in [0.2, 0.25) is 0 Å². The van der Waals surface area contributed by atoms with Crippen LogP contribution in [0.15, 0.2) is 24.3 Å². The number of likely N-dealkylation sites (tertiary alicyclic amines) is 1. The number of nitrogens with zero attached hydrogens (tertiary/aromatic N) is 1. The molecule has 3 rings (SSSR count). The van der Waals surface area contributed by atoms with Gasteiger partial charge >= 0.3 is 0 Å². The van der Waals surface area contributed by atoms with Crippen molar-refractivity contribution in [3.63, 3.8) is 0 Å². The third kappa shape index (κ3) is 2.58. The van der Waals surface area contributed by atoms with Crippen molar-refractivity contribution in [1.82, 2.24) is 10.2 Å². The quantitative estimate of drug-likeness (QED) is 0.877. The molecule has 2 atom stereocenters. The Bertz CT molecular complexity index is 492. The molecule has 0 unspecified atom stereocenters. The molecule has 1 fully saturated rings. The molecule has 108 valence electrons. The van der Waals surface area contributed by atoms with E-state index in [2.05, 4.69) is 5.32 Å². The van der Waals surface area contributed by atoms with Gasteiger partial charge in [0, 0.05) is 19.1 Å². The van der Waals surface area contributed by atoms with Crippen molar-refractivity contribution in [2.24, 2.45) is 0 Å². The molecule has 1 aromatic carbocycles. The Labute approximate surface area is 118 Å². The zero-order valence-electron chi connectivity index (χ0n) is 11.7. The topological polar surface area (TPSA) is 50.8 Å². The Morgan fingerprint density at radius 3 is 2.95 bits per heavy atom. The SMILES string of the molecule is CN[C@@H]1CCCN(C(=O)[C@H]2COc3ccccc3O2)C1. The van der Waals surface area contributed by atoms with Crippen LogP contribution in [0.4, 0.5) is 0 Å². The first kappa shape index (κ1) is 13.2. The summed E-state index contributed by atoms with van der Waals surface area (Å²) in [6.45, 7) is 1.84. The molecule has 0 spiro atoms. The standard InChI is InChI=1S/C15H20N2O3/c1-16-11-5-4-8-17(9-11)15(18)14-10-19-12-6-2-3-7-13(12)20-14/h2-3,6-7,11,14,16H,4-5,8-10H2,1H3/t11-,14-/m1/s1. The van der Waals surface area contributed by atoms with Crippen LogP contribution in [0.1, 0.15) is 12.8 Å². The van der Waals surface area contributed by atoms with Crippen LogP contribution in [0.3, 0.4) is 0 Å². The van der Waals surface area contributed by atoms with Crippen LogP contribution in [0.5, 0.6) is 11.5 Å². The zero-order chi connectivity index (χ0) is 13.9. The second-order valence-corrected chi connectivity index (χ2v) is 5.28. The lowest BCUT2D eigenvalue weighted by Gasteiger charge is -2.35. The fourth-order valence-corrected chi connectivity index (χ4v) is 2.76. The molecular formula is C15H20N2O3.